The summed E-state index contributed by atoms with van der Waals surface area (Å²) in [5.41, 5.74) is -0.889. The summed E-state index contributed by atoms with van der Waals surface area (Å²) in [6, 6.07) is 12.7. The molecule has 0 atom stereocenters. The van der Waals surface area contributed by atoms with Crippen LogP contribution in [0, 0.1) is 22.2 Å². The second kappa shape index (κ2) is 19.2. The van der Waals surface area contributed by atoms with Crippen LogP contribution >= 0.6 is 0 Å². The molecule has 24 heteroatoms. The van der Waals surface area contributed by atoms with Crippen LogP contribution in [0.25, 0.3) is 12.2 Å². The largest absolute Gasteiger partial charge is 1.00 e. The van der Waals surface area contributed by atoms with E-state index in [-0.39, 0.29) is 127 Å². The van der Waals surface area contributed by atoms with Crippen LogP contribution in [0.15, 0.2) is 103 Å². The Kier molecular flexibility index (Phi) is 17.6. The number of nitro groups is 1. The van der Waals surface area contributed by atoms with Crippen LogP contribution in [0.5, 0.6) is 5.75 Å². The summed E-state index contributed by atoms with van der Waals surface area (Å²) in [6.07, 6.45) is 1.92. The van der Waals surface area contributed by atoms with E-state index in [1.54, 1.807) is 6.92 Å². The molecule has 4 aromatic carbocycles. The third kappa shape index (κ3) is 12.3. The minimum atomic E-state index is -5.26. The number of hydrogen-bond donors (Lipinski definition) is 0. The maximum atomic E-state index is 13.0. The van der Waals surface area contributed by atoms with Crippen molar-refractivity contribution in [3.63, 3.8) is 0 Å². The number of azo groups is 2. The molecule has 0 aliphatic heterocycles. The van der Waals surface area contributed by atoms with E-state index in [2.05, 4.69) is 15.3 Å². The monoisotopic (exact) mass is 799 g/mol. The molecule has 0 radical (unpaired) electrons. The zero-order valence-corrected chi connectivity index (χ0v) is 36.3. The van der Waals surface area contributed by atoms with Crippen LogP contribution in [-0.4, -0.2) is 55.8 Å². The maximum absolute atomic E-state index is 13.0. The van der Waals surface area contributed by atoms with E-state index in [4.69, 9.17) is 4.74 Å². The van der Waals surface area contributed by atoms with Crippen molar-refractivity contribution in [2.45, 2.75) is 21.6 Å². The molecular formula is C28H20N5Na3O13S3. The molecule has 0 heterocycles. The Morgan fingerprint density at radius 2 is 1.15 bits per heavy atom. The summed E-state index contributed by atoms with van der Waals surface area (Å²) < 4.78 is 110. The third-order valence-corrected chi connectivity index (χ3v) is 9.14. The fourth-order valence-electron chi connectivity index (χ4n) is 4.12. The average molecular weight is 800 g/mol. The number of aryl methyl sites for hydroxylation is 1. The third-order valence-electron chi connectivity index (χ3n) is 6.50. The van der Waals surface area contributed by atoms with Crippen LogP contribution in [0.2, 0.25) is 0 Å². The van der Waals surface area contributed by atoms with Gasteiger partial charge in [0, 0.05) is 35.4 Å². The first-order chi connectivity index (χ1) is 22.8. The van der Waals surface area contributed by atoms with Gasteiger partial charge in [-0.1, -0.05) is 12.2 Å². The predicted molar refractivity (Wildman–Crippen MR) is 166 cm³/mol. The molecule has 0 aliphatic rings. The summed E-state index contributed by atoms with van der Waals surface area (Å²) in [7, 11) is -13.8. The van der Waals surface area contributed by atoms with Crippen LogP contribution in [0.4, 0.5) is 28.4 Å². The van der Waals surface area contributed by atoms with E-state index < -0.39 is 61.3 Å². The molecule has 0 aromatic heterocycles. The number of methoxy groups -OCH3 is 1. The molecule has 256 valence electrons. The van der Waals surface area contributed by atoms with E-state index in [1.165, 1.54) is 31.4 Å². The molecule has 0 spiro atoms. The molecule has 52 heavy (non-hydrogen) atoms. The first-order valence-electron chi connectivity index (χ1n) is 13.2. The fourth-order valence-corrected chi connectivity index (χ4v) is 5.97. The molecule has 0 aliphatic carbocycles. The van der Waals surface area contributed by atoms with Crippen LogP contribution < -0.4 is 93.4 Å². The normalized spacial score (nSPS) is 12.1. The Balaban J connectivity index is 0.00000451. The van der Waals surface area contributed by atoms with E-state index in [1.807, 2.05) is 0 Å². The average Bonchev–Trinajstić information content (AvgIpc) is 3.02. The van der Waals surface area contributed by atoms with Gasteiger partial charge in [-0.25, -0.2) is 25.3 Å². The van der Waals surface area contributed by atoms with Crippen molar-refractivity contribution in [3.8, 4) is 5.75 Å². The number of hydrogen-bond acceptors (Lipinski definition) is 16. The van der Waals surface area contributed by atoms with E-state index in [9.17, 15) is 54.2 Å². The smallest absolute Gasteiger partial charge is 0.744 e. The van der Waals surface area contributed by atoms with Crippen molar-refractivity contribution in [1.82, 2.24) is 0 Å². The number of benzene rings is 4. The van der Waals surface area contributed by atoms with Gasteiger partial charge >= 0.3 is 88.7 Å². The zero-order chi connectivity index (χ0) is 36.3. The Morgan fingerprint density at radius 1 is 0.654 bits per heavy atom. The van der Waals surface area contributed by atoms with Gasteiger partial charge in [-0.2, -0.15) is 10.2 Å². The molecule has 0 amide bonds. The van der Waals surface area contributed by atoms with Crippen LogP contribution in [-0.2, 0) is 30.4 Å². The van der Waals surface area contributed by atoms with Gasteiger partial charge in [0.15, 0.2) is 11.4 Å². The van der Waals surface area contributed by atoms with Crippen molar-refractivity contribution >= 4 is 70.9 Å². The molecule has 0 N–H and O–H groups in total. The number of non-ortho nitro benzene ring substituents is 1. The maximum Gasteiger partial charge on any atom is 1.00 e. The van der Waals surface area contributed by atoms with Crippen molar-refractivity contribution in [3.05, 3.63) is 105 Å². The van der Waals surface area contributed by atoms with Crippen molar-refractivity contribution in [1.29, 1.82) is 0 Å². The van der Waals surface area contributed by atoms with E-state index in [0.717, 1.165) is 48.6 Å². The summed E-state index contributed by atoms with van der Waals surface area (Å²) in [4.78, 5) is 7.78. The number of nitro benzene ring substituents is 1. The molecule has 0 fully saturated rings. The van der Waals surface area contributed by atoms with Crippen molar-refractivity contribution in [2.75, 3.05) is 7.11 Å². The van der Waals surface area contributed by atoms with Gasteiger partial charge in [0.05, 0.1) is 38.1 Å². The van der Waals surface area contributed by atoms with Gasteiger partial charge in [0.1, 0.15) is 30.4 Å². The molecular weight excluding hydrogens is 780 g/mol. The summed E-state index contributed by atoms with van der Waals surface area (Å²) in [6.45, 7) is 1.59. The summed E-state index contributed by atoms with van der Waals surface area (Å²) in [5, 5.41) is 36.0. The van der Waals surface area contributed by atoms with Gasteiger partial charge in [-0.05, 0) is 70.9 Å². The summed E-state index contributed by atoms with van der Waals surface area (Å²) >= 11 is 0. The van der Waals surface area contributed by atoms with E-state index >= 15 is 0 Å². The molecule has 0 saturated heterocycles. The van der Waals surface area contributed by atoms with Crippen LogP contribution in [0.1, 0.15) is 16.7 Å². The van der Waals surface area contributed by atoms with Gasteiger partial charge < -0.3 is 23.6 Å². The predicted octanol–water partition coefficient (Wildman–Crippen LogP) is -3.85. The van der Waals surface area contributed by atoms with E-state index in [0.29, 0.717) is 17.7 Å². The van der Waals surface area contributed by atoms with Crippen molar-refractivity contribution in [2.24, 2.45) is 15.3 Å². The SMILES string of the molecule is COc1cc(N=Nc2ccc(S(=O)(=O)[O-])cc2)c(C)cc1N=[N+]([O-])c1ccc(/C=C/c2ccc([N+](=O)[O-])cc2S(=O)(=O)[O-])c(S(=O)(=O)[O-])c1.[Na+].[Na+].[Na+]. The quantitative estimate of drug-likeness (QED) is 0.0267. The fraction of sp³-hybridized carbons (Fsp3) is 0.0714. The minimum Gasteiger partial charge on any atom is -0.744 e. The van der Waals surface area contributed by atoms with Crippen LogP contribution in [0.3, 0.4) is 0 Å². The van der Waals surface area contributed by atoms with Gasteiger partial charge in [-0.15, -0.1) is 0 Å². The van der Waals surface area contributed by atoms with Gasteiger partial charge in [0.25, 0.3) is 5.69 Å². The van der Waals surface area contributed by atoms with Gasteiger partial charge in [0.2, 0.25) is 5.69 Å². The molecule has 0 unspecified atom stereocenters. The summed E-state index contributed by atoms with van der Waals surface area (Å²) in [5.74, 6) is 0.0247. The Hall–Kier alpha value is -2.45. The zero-order valence-electron chi connectivity index (χ0n) is 27.9. The molecule has 0 bridgehead atoms. The first-order valence-corrected chi connectivity index (χ1v) is 17.4. The molecule has 4 aromatic rings. The second-order valence-corrected chi connectivity index (χ2v) is 13.9. The second-order valence-electron chi connectivity index (χ2n) is 9.77. The minimum absolute atomic E-state index is 0. The Labute approximate surface area is 363 Å². The molecule has 4 rings (SSSR count). The standard InChI is InChI=1S/C28H23N5O13S3.3Na/c1-17-13-25(26(46-2)16-24(17)30-29-20-7-11-23(12-8-20)47(37,38)39)31-32(34)21-9-5-18(27(14-21)48(40,41)42)3-4-19-6-10-22(33(35)36)15-28(19)49(43,44)45;;;/h3-16H,1-2H3,(H,37,38,39)(H,40,41,42)(H,43,44,45);;;/q;3*+1/p-3/b4-3+,30-29?,32-31?;;;. The topological polar surface area (TPSA) is 287 Å². The number of rotatable bonds is 11. The number of ether oxygens (including phenoxy) is 1. The molecule has 0 saturated carbocycles. The molecule has 18 nitrogen and oxygen atoms in total. The van der Waals surface area contributed by atoms with Crippen molar-refractivity contribution < 1.29 is 142 Å². The Bertz CT molecular complexity index is 2410. The van der Waals surface area contributed by atoms with Gasteiger partial charge in [-0.3, -0.25) is 10.1 Å². The Morgan fingerprint density at radius 3 is 1.62 bits per heavy atom. The first kappa shape index (κ1) is 47.6. The number of nitrogens with zero attached hydrogens (tertiary/aromatic N) is 5.